The van der Waals surface area contributed by atoms with Crippen LogP contribution in [-0.2, 0) is 4.79 Å². The third-order valence-electron chi connectivity index (χ3n) is 4.73. The zero-order chi connectivity index (χ0) is 19.7. The van der Waals surface area contributed by atoms with Crippen molar-refractivity contribution in [2.45, 2.75) is 45.6 Å². The number of aliphatic imine (C=N–C) groups is 1. The number of nitrogens with zero attached hydrogens (tertiary/aromatic N) is 2. The number of hydrogen-bond acceptors (Lipinski definition) is 3. The summed E-state index contributed by atoms with van der Waals surface area (Å²) in [5.74, 6) is -0.0590. The maximum Gasteiger partial charge on any atom is 0.246 e. The second-order valence-electron chi connectivity index (χ2n) is 7.47. The Bertz CT molecular complexity index is 641. The molecule has 1 aromatic carbocycles. The van der Waals surface area contributed by atoms with Gasteiger partial charge in [-0.2, -0.15) is 0 Å². The number of amides is 1. The van der Waals surface area contributed by atoms with Gasteiger partial charge in [-0.25, -0.2) is 9.38 Å². The Morgan fingerprint density at radius 3 is 2.63 bits per heavy atom. The third-order valence-corrected chi connectivity index (χ3v) is 4.73. The van der Waals surface area contributed by atoms with Crippen LogP contribution in [0.4, 0.5) is 10.1 Å². The van der Waals surface area contributed by atoms with Crippen molar-refractivity contribution in [3.05, 3.63) is 30.1 Å². The summed E-state index contributed by atoms with van der Waals surface area (Å²) in [5, 5.41) is 9.17. The molecule has 0 aliphatic carbocycles. The minimum atomic E-state index is -0.383. The van der Waals surface area contributed by atoms with Gasteiger partial charge in [0.25, 0.3) is 0 Å². The number of nitrogens with one attached hydrogen (secondary N) is 3. The molecule has 27 heavy (non-hydrogen) atoms. The molecule has 1 aliphatic rings. The van der Waals surface area contributed by atoms with Gasteiger partial charge in [0.15, 0.2) is 5.96 Å². The van der Waals surface area contributed by atoms with Crippen molar-refractivity contribution in [1.82, 2.24) is 15.5 Å². The molecule has 0 aromatic heterocycles. The fraction of sp³-hybridized carbons (Fsp3) is 0.600. The van der Waals surface area contributed by atoms with Gasteiger partial charge in [0.1, 0.15) is 12.4 Å². The molecular formula is C20H32FN5O. The summed E-state index contributed by atoms with van der Waals surface area (Å²) in [6.07, 6.45) is 3.81. The van der Waals surface area contributed by atoms with E-state index >= 15 is 0 Å². The van der Waals surface area contributed by atoms with Crippen molar-refractivity contribution >= 4 is 17.6 Å². The molecule has 3 N–H and O–H groups in total. The van der Waals surface area contributed by atoms with E-state index in [-0.39, 0.29) is 23.8 Å². The lowest BCUT2D eigenvalue weighted by atomic mass is 9.98. The summed E-state index contributed by atoms with van der Waals surface area (Å²) in [5.41, 5.74) is 0.444. The normalized spacial score (nSPS) is 16.1. The lowest BCUT2D eigenvalue weighted by molar-refractivity contribution is -0.114. The van der Waals surface area contributed by atoms with Crippen molar-refractivity contribution in [1.29, 1.82) is 0 Å². The third kappa shape index (κ3) is 7.17. The highest BCUT2D eigenvalue weighted by atomic mass is 19.1. The molecule has 1 heterocycles. The fourth-order valence-electron chi connectivity index (χ4n) is 3.17. The molecule has 1 fully saturated rings. The van der Waals surface area contributed by atoms with Crippen molar-refractivity contribution in [2.75, 3.05) is 38.0 Å². The molecule has 0 bridgehead atoms. The first-order valence-electron chi connectivity index (χ1n) is 9.73. The number of carbonyl (C=O) groups excluding carboxylic acids is 1. The van der Waals surface area contributed by atoms with E-state index in [9.17, 15) is 9.18 Å². The Morgan fingerprint density at radius 1 is 1.22 bits per heavy atom. The maximum atomic E-state index is 13.2. The predicted octanol–water partition coefficient (Wildman–Crippen LogP) is 2.58. The summed E-state index contributed by atoms with van der Waals surface area (Å²) < 4.78 is 13.2. The molecule has 0 radical (unpaired) electrons. The lowest BCUT2D eigenvalue weighted by Gasteiger charge is -2.41. The molecule has 7 heteroatoms. The van der Waals surface area contributed by atoms with Crippen LogP contribution in [-0.4, -0.2) is 55.0 Å². The average Bonchev–Trinajstić information content (AvgIpc) is 2.65. The highest BCUT2D eigenvalue weighted by molar-refractivity contribution is 5.94. The molecule has 0 spiro atoms. The van der Waals surface area contributed by atoms with E-state index in [4.69, 9.17) is 0 Å². The highest BCUT2D eigenvalue weighted by Crippen LogP contribution is 2.19. The molecule has 0 saturated carbocycles. The van der Waals surface area contributed by atoms with Crippen LogP contribution < -0.4 is 16.0 Å². The first-order chi connectivity index (χ1) is 12.9. The van der Waals surface area contributed by atoms with E-state index in [0.717, 1.165) is 19.6 Å². The first-order valence-corrected chi connectivity index (χ1v) is 9.73. The Kier molecular flexibility index (Phi) is 8.03. The van der Waals surface area contributed by atoms with Gasteiger partial charge in [-0.3, -0.25) is 9.69 Å². The number of carbonyl (C=O) groups is 1. The predicted molar refractivity (Wildman–Crippen MR) is 109 cm³/mol. The number of benzene rings is 1. The van der Waals surface area contributed by atoms with E-state index in [0.29, 0.717) is 18.2 Å². The smallest absolute Gasteiger partial charge is 0.246 e. The SMILES string of the molecule is CCNC(=NCC(=O)Nc1cccc(F)c1)NCC(C)(C)N1CCCCC1. The quantitative estimate of drug-likeness (QED) is 0.505. The topological polar surface area (TPSA) is 68.8 Å². The summed E-state index contributed by atoms with van der Waals surface area (Å²) in [6, 6.07) is 5.83. The van der Waals surface area contributed by atoms with Gasteiger partial charge in [-0.05, 0) is 64.9 Å². The van der Waals surface area contributed by atoms with E-state index in [1.807, 2.05) is 6.92 Å². The molecular weight excluding hydrogens is 345 g/mol. The largest absolute Gasteiger partial charge is 0.357 e. The van der Waals surface area contributed by atoms with E-state index < -0.39 is 0 Å². The van der Waals surface area contributed by atoms with E-state index in [1.54, 1.807) is 12.1 Å². The van der Waals surface area contributed by atoms with Gasteiger partial charge in [-0.15, -0.1) is 0 Å². The highest BCUT2D eigenvalue weighted by Gasteiger charge is 2.27. The van der Waals surface area contributed by atoms with Crippen LogP contribution in [0.5, 0.6) is 0 Å². The number of piperidine rings is 1. The van der Waals surface area contributed by atoms with Crippen LogP contribution in [0.25, 0.3) is 0 Å². The van der Waals surface area contributed by atoms with Gasteiger partial charge in [0.2, 0.25) is 5.91 Å². The summed E-state index contributed by atoms with van der Waals surface area (Å²) in [6.45, 7) is 10.1. The van der Waals surface area contributed by atoms with E-state index in [2.05, 4.69) is 39.7 Å². The van der Waals surface area contributed by atoms with Gasteiger partial charge in [0, 0.05) is 24.3 Å². The molecule has 2 rings (SSSR count). The van der Waals surface area contributed by atoms with Crippen LogP contribution >= 0.6 is 0 Å². The van der Waals surface area contributed by atoms with Crippen molar-refractivity contribution in [2.24, 2.45) is 4.99 Å². The molecule has 1 aromatic rings. The van der Waals surface area contributed by atoms with Crippen LogP contribution in [0.15, 0.2) is 29.3 Å². The number of anilines is 1. The monoisotopic (exact) mass is 377 g/mol. The fourth-order valence-corrected chi connectivity index (χ4v) is 3.17. The molecule has 0 unspecified atom stereocenters. The Labute approximate surface area is 161 Å². The summed E-state index contributed by atoms with van der Waals surface area (Å²) >= 11 is 0. The van der Waals surface area contributed by atoms with Gasteiger partial charge in [0.05, 0.1) is 0 Å². The van der Waals surface area contributed by atoms with Crippen molar-refractivity contribution in [3.63, 3.8) is 0 Å². The lowest BCUT2D eigenvalue weighted by Crippen LogP contribution is -2.55. The Morgan fingerprint density at radius 2 is 1.96 bits per heavy atom. The van der Waals surface area contributed by atoms with Gasteiger partial charge in [-0.1, -0.05) is 12.5 Å². The summed E-state index contributed by atoms with van der Waals surface area (Å²) in [7, 11) is 0. The van der Waals surface area contributed by atoms with Gasteiger partial charge < -0.3 is 16.0 Å². The molecule has 1 saturated heterocycles. The van der Waals surface area contributed by atoms with Crippen LogP contribution in [0.3, 0.4) is 0 Å². The number of rotatable bonds is 7. The molecule has 150 valence electrons. The maximum absolute atomic E-state index is 13.2. The van der Waals surface area contributed by atoms with Crippen LogP contribution in [0.2, 0.25) is 0 Å². The number of likely N-dealkylation sites (tertiary alicyclic amines) is 1. The minimum Gasteiger partial charge on any atom is -0.357 e. The Balaban J connectivity index is 1.88. The molecule has 0 atom stereocenters. The second kappa shape index (κ2) is 10.3. The molecule has 6 nitrogen and oxygen atoms in total. The second-order valence-corrected chi connectivity index (χ2v) is 7.47. The zero-order valence-electron chi connectivity index (χ0n) is 16.6. The van der Waals surface area contributed by atoms with E-state index in [1.165, 1.54) is 31.4 Å². The van der Waals surface area contributed by atoms with Crippen LogP contribution in [0, 0.1) is 5.82 Å². The summed E-state index contributed by atoms with van der Waals surface area (Å²) in [4.78, 5) is 18.9. The number of guanidine groups is 1. The van der Waals surface area contributed by atoms with Gasteiger partial charge >= 0.3 is 0 Å². The average molecular weight is 378 g/mol. The number of hydrogen-bond donors (Lipinski definition) is 3. The first kappa shape index (κ1) is 21.2. The minimum absolute atomic E-state index is 0.0143. The molecule has 1 amide bonds. The number of halogens is 1. The standard InChI is InChI=1S/C20H32FN5O/c1-4-22-19(24-15-20(2,3)26-11-6-5-7-12-26)23-14-18(27)25-17-10-8-9-16(21)13-17/h8-10,13H,4-7,11-12,14-15H2,1-3H3,(H,25,27)(H2,22,23,24). The van der Waals surface area contributed by atoms with Crippen molar-refractivity contribution in [3.8, 4) is 0 Å². The zero-order valence-corrected chi connectivity index (χ0v) is 16.6. The van der Waals surface area contributed by atoms with Crippen molar-refractivity contribution < 1.29 is 9.18 Å². The van der Waals surface area contributed by atoms with Crippen LogP contribution in [0.1, 0.15) is 40.0 Å². The Hall–Kier alpha value is -2.15. The molecule has 1 aliphatic heterocycles.